The molecule has 0 aliphatic rings. The van der Waals surface area contributed by atoms with Crippen molar-refractivity contribution in [3.8, 4) is 11.5 Å². The van der Waals surface area contributed by atoms with Crippen molar-refractivity contribution in [1.82, 2.24) is 15.0 Å². The second-order valence-electron chi connectivity index (χ2n) is 9.29. The van der Waals surface area contributed by atoms with E-state index in [1.165, 1.54) is 18.2 Å². The molecule has 0 spiro atoms. The molecule has 212 valence electrons. The summed E-state index contributed by atoms with van der Waals surface area (Å²) in [5.41, 5.74) is 9.66. The Labute approximate surface area is 242 Å². The molecule has 9 heteroatoms. The summed E-state index contributed by atoms with van der Waals surface area (Å²) in [6.07, 6.45) is 0. The molecule has 0 aliphatic heterocycles. The number of halogens is 2. The lowest BCUT2D eigenvalue weighted by Crippen LogP contribution is -2.10. The van der Waals surface area contributed by atoms with E-state index in [-0.39, 0.29) is 11.5 Å². The predicted octanol–water partition coefficient (Wildman–Crippen LogP) is 7.21. The first-order chi connectivity index (χ1) is 20.5. The van der Waals surface area contributed by atoms with Crippen LogP contribution in [0.2, 0.25) is 0 Å². The smallest absolute Gasteiger partial charge is 0.150 e. The van der Waals surface area contributed by atoms with Gasteiger partial charge in [-0.25, -0.2) is 13.5 Å². The maximum absolute atomic E-state index is 14.3. The van der Waals surface area contributed by atoms with Crippen molar-refractivity contribution in [3.63, 3.8) is 0 Å². The van der Waals surface area contributed by atoms with E-state index >= 15 is 0 Å². The highest BCUT2D eigenvalue weighted by molar-refractivity contribution is 5.73. The number of nitrogens with one attached hydrogen (secondary N) is 1. The number of rotatable bonds is 9. The van der Waals surface area contributed by atoms with E-state index < -0.39 is 5.82 Å². The van der Waals surface area contributed by atoms with Crippen LogP contribution in [0.1, 0.15) is 11.1 Å². The molecule has 0 saturated heterocycles. The summed E-state index contributed by atoms with van der Waals surface area (Å²) >= 11 is 0. The zero-order valence-corrected chi connectivity index (χ0v) is 22.7. The first kappa shape index (κ1) is 28.1. The molecule has 1 aromatic heterocycles. The van der Waals surface area contributed by atoms with Gasteiger partial charge in [-0.2, -0.15) is 0 Å². The maximum atomic E-state index is 14.3. The predicted molar refractivity (Wildman–Crippen MR) is 160 cm³/mol. The third kappa shape index (κ3) is 7.60. The Morgan fingerprint density at radius 2 is 1.24 bits per heavy atom. The van der Waals surface area contributed by atoms with E-state index in [1.54, 1.807) is 22.9 Å². The molecule has 0 amide bonds. The summed E-state index contributed by atoms with van der Waals surface area (Å²) in [7, 11) is 0. The van der Waals surface area contributed by atoms with E-state index in [2.05, 4.69) is 15.6 Å². The third-order valence-electron chi connectivity index (χ3n) is 6.25. The molecule has 0 atom stereocenters. The fraction of sp³-hybridized carbons (Fsp3) is 0.0909. The monoisotopic (exact) mass is 565 g/mol. The van der Waals surface area contributed by atoms with Gasteiger partial charge in [0.25, 0.3) is 0 Å². The van der Waals surface area contributed by atoms with Crippen LogP contribution in [-0.2, 0) is 19.9 Å². The molecule has 5 aromatic carbocycles. The fourth-order valence-corrected chi connectivity index (χ4v) is 4.00. The third-order valence-corrected chi connectivity index (χ3v) is 6.25. The topological polar surface area (TPSA) is 87.2 Å². The van der Waals surface area contributed by atoms with Crippen molar-refractivity contribution in [3.05, 3.63) is 144 Å². The minimum Gasteiger partial charge on any atom is -0.489 e. The van der Waals surface area contributed by atoms with E-state index in [4.69, 9.17) is 15.2 Å². The first-order valence-corrected chi connectivity index (χ1v) is 13.3. The summed E-state index contributed by atoms with van der Waals surface area (Å²) in [6.45, 7) is 1.14. The number of anilines is 2. The van der Waals surface area contributed by atoms with Crippen LogP contribution < -0.4 is 20.5 Å². The Morgan fingerprint density at radius 1 is 0.667 bits per heavy atom. The van der Waals surface area contributed by atoms with Gasteiger partial charge < -0.3 is 20.5 Å². The van der Waals surface area contributed by atoms with Crippen molar-refractivity contribution >= 4 is 22.4 Å². The maximum Gasteiger partial charge on any atom is 0.150 e. The average Bonchev–Trinajstić information content (AvgIpc) is 3.44. The molecule has 3 N–H and O–H groups in total. The van der Waals surface area contributed by atoms with Gasteiger partial charge in [0.2, 0.25) is 0 Å². The standard InChI is InChI=1S/C20H17FN4O.C13H12FNO/c21-17-12-16(26-13-15-6-2-1-3-7-15)10-11-18(17)22-14-25-20-9-5-4-8-19(20)23-24-25;14-12-8-11(6-7-13(12)15)16-9-10-4-2-1-3-5-10/h1-12,22H,13-14H2;1-8H,9,15H2. The van der Waals surface area contributed by atoms with E-state index in [9.17, 15) is 8.78 Å². The number of nitrogens with zero attached hydrogens (tertiary/aromatic N) is 3. The molecule has 42 heavy (non-hydrogen) atoms. The highest BCUT2D eigenvalue weighted by Gasteiger charge is 2.07. The molecule has 0 aliphatic carbocycles. The second kappa shape index (κ2) is 13.8. The normalized spacial score (nSPS) is 10.5. The molecule has 0 bridgehead atoms. The number of hydrogen-bond acceptors (Lipinski definition) is 6. The SMILES string of the molecule is Fc1cc(OCc2ccccc2)ccc1NCn1nnc2ccccc21.Nc1ccc(OCc2ccccc2)cc1F. The van der Waals surface area contributed by atoms with Gasteiger partial charge in [-0.3, -0.25) is 0 Å². The number of para-hydroxylation sites is 1. The number of hydrogen-bond donors (Lipinski definition) is 2. The van der Waals surface area contributed by atoms with Crippen LogP contribution in [0.5, 0.6) is 11.5 Å². The summed E-state index contributed by atoms with van der Waals surface area (Å²) in [5.74, 6) is 0.143. The molecule has 7 nitrogen and oxygen atoms in total. The highest BCUT2D eigenvalue weighted by atomic mass is 19.1. The Morgan fingerprint density at radius 3 is 1.86 bits per heavy atom. The van der Waals surface area contributed by atoms with Crippen molar-refractivity contribution in [2.45, 2.75) is 19.9 Å². The van der Waals surface area contributed by atoms with Crippen molar-refractivity contribution < 1.29 is 18.3 Å². The minimum absolute atomic E-state index is 0.132. The molecular weight excluding hydrogens is 536 g/mol. The van der Waals surface area contributed by atoms with Crippen LogP contribution in [0, 0.1) is 11.6 Å². The van der Waals surface area contributed by atoms with Gasteiger partial charge >= 0.3 is 0 Å². The van der Waals surface area contributed by atoms with Crippen LogP contribution in [0.4, 0.5) is 20.2 Å². The van der Waals surface area contributed by atoms with E-state index in [0.717, 1.165) is 22.2 Å². The fourth-order valence-electron chi connectivity index (χ4n) is 4.00. The molecule has 0 unspecified atom stereocenters. The molecule has 0 radical (unpaired) electrons. The zero-order chi connectivity index (χ0) is 29.1. The van der Waals surface area contributed by atoms with Crippen molar-refractivity contribution in [2.24, 2.45) is 0 Å². The number of aromatic nitrogens is 3. The number of nitrogens with two attached hydrogens (primary N) is 1. The van der Waals surface area contributed by atoms with Crippen LogP contribution in [0.3, 0.4) is 0 Å². The highest BCUT2D eigenvalue weighted by Crippen LogP contribution is 2.22. The van der Waals surface area contributed by atoms with Gasteiger partial charge in [0.15, 0.2) is 0 Å². The average molecular weight is 566 g/mol. The molecule has 0 saturated carbocycles. The van der Waals surface area contributed by atoms with Gasteiger partial charge in [-0.05, 0) is 47.5 Å². The van der Waals surface area contributed by atoms with Crippen molar-refractivity contribution in [1.29, 1.82) is 0 Å². The summed E-state index contributed by atoms with van der Waals surface area (Å²) < 4.78 is 40.2. The van der Waals surface area contributed by atoms with Gasteiger partial charge in [0, 0.05) is 12.1 Å². The summed E-state index contributed by atoms with van der Waals surface area (Å²) in [6, 6.07) is 36.3. The van der Waals surface area contributed by atoms with Crippen molar-refractivity contribution in [2.75, 3.05) is 11.1 Å². The van der Waals surface area contributed by atoms with Gasteiger partial charge in [0.1, 0.15) is 48.5 Å². The molecular formula is C33H29F2N5O2. The summed E-state index contributed by atoms with van der Waals surface area (Å²) in [4.78, 5) is 0. The largest absolute Gasteiger partial charge is 0.489 e. The van der Waals surface area contributed by atoms with Gasteiger partial charge in [0.05, 0.1) is 16.9 Å². The number of fused-ring (bicyclic) bond motifs is 1. The molecule has 0 fully saturated rings. The lowest BCUT2D eigenvalue weighted by atomic mass is 10.2. The van der Waals surface area contributed by atoms with Gasteiger partial charge in [-0.1, -0.05) is 78.0 Å². The van der Waals surface area contributed by atoms with Gasteiger partial charge in [-0.15, -0.1) is 5.10 Å². The zero-order valence-electron chi connectivity index (χ0n) is 22.7. The van der Waals surface area contributed by atoms with E-state index in [1.807, 2.05) is 84.9 Å². The molecule has 1 heterocycles. The number of ether oxygens (including phenoxy) is 2. The summed E-state index contributed by atoms with van der Waals surface area (Å²) in [5, 5.41) is 11.2. The van der Waals surface area contributed by atoms with E-state index in [0.29, 0.717) is 37.1 Å². The molecule has 6 rings (SSSR count). The van der Waals surface area contributed by atoms with Crippen LogP contribution in [0.25, 0.3) is 11.0 Å². The minimum atomic E-state index is -0.453. The Kier molecular flexibility index (Phi) is 9.21. The Bertz CT molecular complexity index is 1730. The quantitative estimate of drug-likeness (QED) is 0.180. The lowest BCUT2D eigenvalue weighted by Gasteiger charge is -2.11. The Hall–Kier alpha value is -5.44. The Balaban J connectivity index is 0.000000189. The first-order valence-electron chi connectivity index (χ1n) is 13.3. The number of benzene rings is 5. The lowest BCUT2D eigenvalue weighted by molar-refractivity contribution is 0.304. The van der Waals surface area contributed by atoms with Crippen LogP contribution in [0.15, 0.2) is 121 Å². The second-order valence-corrected chi connectivity index (χ2v) is 9.29. The van der Waals surface area contributed by atoms with Crippen LogP contribution >= 0.6 is 0 Å². The van der Waals surface area contributed by atoms with Crippen LogP contribution in [-0.4, -0.2) is 15.0 Å². The molecule has 6 aromatic rings. The number of nitrogen functional groups attached to an aromatic ring is 1.